The van der Waals surface area contributed by atoms with Crippen LogP contribution in [0, 0.1) is 5.92 Å². The molecule has 0 aromatic carbocycles. The van der Waals surface area contributed by atoms with Gasteiger partial charge in [-0.15, -0.1) is 0 Å². The third kappa shape index (κ3) is 2.01. The van der Waals surface area contributed by atoms with Crippen LogP contribution in [-0.4, -0.2) is 16.9 Å². The second-order valence-electron chi connectivity index (χ2n) is 2.24. The summed E-state index contributed by atoms with van der Waals surface area (Å²) in [4.78, 5) is 20.7. The van der Waals surface area contributed by atoms with Crippen molar-refractivity contribution >= 4 is 11.8 Å². The molecule has 0 aliphatic heterocycles. The maximum Gasteiger partial charge on any atom is 0.372 e. The van der Waals surface area contributed by atoms with Crippen molar-refractivity contribution in [3.63, 3.8) is 0 Å². The minimum atomic E-state index is -1.39. The number of hydrogen-bond donors (Lipinski definition) is 1. The number of carbonyl (C=O) groups excluding carboxylic acids is 1. The van der Waals surface area contributed by atoms with Crippen molar-refractivity contribution in [3.8, 4) is 0 Å². The molecule has 0 fully saturated rings. The van der Waals surface area contributed by atoms with E-state index in [-0.39, 0.29) is 0 Å². The molecule has 3 nitrogen and oxygen atoms in total. The van der Waals surface area contributed by atoms with Gasteiger partial charge in [0.05, 0.1) is 0 Å². The first-order chi connectivity index (χ1) is 4.46. The van der Waals surface area contributed by atoms with Crippen LogP contribution in [-0.2, 0) is 9.59 Å². The Bertz CT molecular complexity index is 181. The Balaban J connectivity index is 4.22. The Kier molecular flexibility index (Phi) is 2.80. The summed E-state index contributed by atoms with van der Waals surface area (Å²) in [6, 6.07) is 0. The van der Waals surface area contributed by atoms with Crippen molar-refractivity contribution < 1.29 is 14.7 Å². The Hall–Kier alpha value is -1.12. The minimum absolute atomic E-state index is 0.572. The maximum atomic E-state index is 10.6. The van der Waals surface area contributed by atoms with E-state index in [9.17, 15) is 9.59 Å². The van der Waals surface area contributed by atoms with E-state index in [0.29, 0.717) is 5.57 Å². The number of allylic oxidation sites excluding steroid dienone is 1. The second-order valence-corrected chi connectivity index (χ2v) is 2.24. The van der Waals surface area contributed by atoms with Gasteiger partial charge < -0.3 is 5.11 Å². The van der Waals surface area contributed by atoms with Gasteiger partial charge in [-0.1, -0.05) is 19.1 Å². The van der Waals surface area contributed by atoms with Crippen LogP contribution in [0.2, 0.25) is 0 Å². The molecule has 0 heterocycles. The fourth-order valence-corrected chi connectivity index (χ4v) is 0.409. The SMILES string of the molecule is C=C(C)C(C)C(=O)C(=O)O. The number of rotatable bonds is 3. The number of carbonyl (C=O) groups is 2. The third-order valence-electron chi connectivity index (χ3n) is 1.34. The number of carboxylic acids is 1. The smallest absolute Gasteiger partial charge is 0.372 e. The van der Waals surface area contributed by atoms with Gasteiger partial charge in [0.1, 0.15) is 0 Å². The van der Waals surface area contributed by atoms with Crippen LogP contribution in [0.1, 0.15) is 13.8 Å². The van der Waals surface area contributed by atoms with E-state index < -0.39 is 17.7 Å². The van der Waals surface area contributed by atoms with E-state index in [4.69, 9.17) is 5.11 Å². The van der Waals surface area contributed by atoms with Gasteiger partial charge in [-0.05, 0) is 6.92 Å². The van der Waals surface area contributed by atoms with Crippen LogP contribution in [0.3, 0.4) is 0 Å². The molecule has 0 aliphatic carbocycles. The van der Waals surface area contributed by atoms with Crippen molar-refractivity contribution in [1.29, 1.82) is 0 Å². The summed E-state index contributed by atoms with van der Waals surface area (Å²) in [5, 5.41) is 8.21. The average molecular weight is 142 g/mol. The van der Waals surface area contributed by atoms with Crippen LogP contribution in [0.5, 0.6) is 0 Å². The molecular formula is C7H10O3. The zero-order valence-electron chi connectivity index (χ0n) is 6.05. The van der Waals surface area contributed by atoms with E-state index in [1.165, 1.54) is 6.92 Å². The van der Waals surface area contributed by atoms with Gasteiger partial charge in [-0.25, -0.2) is 4.79 Å². The van der Waals surface area contributed by atoms with Gasteiger partial charge in [0, 0.05) is 5.92 Å². The van der Waals surface area contributed by atoms with Crippen LogP contribution >= 0.6 is 0 Å². The molecule has 0 bridgehead atoms. The Morgan fingerprint density at radius 2 is 1.90 bits per heavy atom. The molecule has 0 rings (SSSR count). The molecule has 3 heteroatoms. The summed E-state index contributed by atoms with van der Waals surface area (Å²) in [5.41, 5.74) is 0.576. The van der Waals surface area contributed by atoms with Gasteiger partial charge in [-0.2, -0.15) is 0 Å². The van der Waals surface area contributed by atoms with E-state index in [1.807, 2.05) is 0 Å². The lowest BCUT2D eigenvalue weighted by Gasteiger charge is -2.04. The van der Waals surface area contributed by atoms with Crippen molar-refractivity contribution in [2.75, 3.05) is 0 Å². The molecule has 1 N–H and O–H groups in total. The third-order valence-corrected chi connectivity index (χ3v) is 1.34. The first-order valence-corrected chi connectivity index (χ1v) is 2.89. The average Bonchev–Trinajstić information content (AvgIpc) is 1.84. The summed E-state index contributed by atoms with van der Waals surface area (Å²) in [6.07, 6.45) is 0. The second kappa shape index (κ2) is 3.15. The molecule has 0 saturated heterocycles. The summed E-state index contributed by atoms with van der Waals surface area (Å²) in [6.45, 7) is 6.63. The first-order valence-electron chi connectivity index (χ1n) is 2.89. The Morgan fingerprint density at radius 1 is 1.50 bits per heavy atom. The first kappa shape index (κ1) is 8.88. The van der Waals surface area contributed by atoms with Gasteiger partial charge in [0.25, 0.3) is 0 Å². The summed E-state index contributed by atoms with van der Waals surface area (Å²) in [7, 11) is 0. The Morgan fingerprint density at radius 3 is 2.00 bits per heavy atom. The maximum absolute atomic E-state index is 10.6. The highest BCUT2D eigenvalue weighted by atomic mass is 16.4. The predicted molar refractivity (Wildman–Crippen MR) is 36.6 cm³/mol. The highest BCUT2D eigenvalue weighted by Gasteiger charge is 2.19. The van der Waals surface area contributed by atoms with Crippen molar-refractivity contribution in [1.82, 2.24) is 0 Å². The number of hydrogen-bond acceptors (Lipinski definition) is 2. The van der Waals surface area contributed by atoms with Crippen molar-refractivity contribution in [2.24, 2.45) is 5.92 Å². The van der Waals surface area contributed by atoms with Crippen LogP contribution in [0.15, 0.2) is 12.2 Å². The quantitative estimate of drug-likeness (QED) is 0.469. The largest absolute Gasteiger partial charge is 0.475 e. The van der Waals surface area contributed by atoms with Crippen LogP contribution < -0.4 is 0 Å². The molecule has 1 unspecified atom stereocenters. The lowest BCUT2D eigenvalue weighted by Crippen LogP contribution is -2.21. The zero-order valence-corrected chi connectivity index (χ0v) is 6.05. The van der Waals surface area contributed by atoms with E-state index in [1.54, 1.807) is 6.92 Å². The zero-order chi connectivity index (χ0) is 8.31. The summed E-state index contributed by atoms with van der Waals surface area (Å²) < 4.78 is 0. The van der Waals surface area contributed by atoms with E-state index >= 15 is 0 Å². The normalized spacial score (nSPS) is 12.2. The molecule has 0 aliphatic rings. The topological polar surface area (TPSA) is 54.4 Å². The lowest BCUT2D eigenvalue weighted by atomic mass is 10.00. The van der Waals surface area contributed by atoms with Crippen LogP contribution in [0.4, 0.5) is 0 Å². The molecule has 0 spiro atoms. The predicted octanol–water partition coefficient (Wildman–Crippen LogP) is 0.852. The molecule has 10 heavy (non-hydrogen) atoms. The molecule has 0 amide bonds. The van der Waals surface area contributed by atoms with Gasteiger partial charge in [0.15, 0.2) is 0 Å². The highest BCUT2D eigenvalue weighted by molar-refractivity contribution is 6.34. The van der Waals surface area contributed by atoms with Gasteiger partial charge in [-0.3, -0.25) is 4.79 Å². The number of ketones is 1. The molecule has 56 valence electrons. The minimum Gasteiger partial charge on any atom is -0.475 e. The molecule has 1 atom stereocenters. The van der Waals surface area contributed by atoms with Crippen molar-refractivity contribution in [2.45, 2.75) is 13.8 Å². The van der Waals surface area contributed by atoms with Crippen molar-refractivity contribution in [3.05, 3.63) is 12.2 Å². The number of Topliss-reactive ketones (excluding diaryl/α,β-unsaturated/α-hetero) is 1. The number of carboxylic acid groups (broad SMARTS) is 1. The number of aliphatic carboxylic acids is 1. The highest BCUT2D eigenvalue weighted by Crippen LogP contribution is 2.07. The molecular weight excluding hydrogens is 132 g/mol. The van der Waals surface area contributed by atoms with Gasteiger partial charge >= 0.3 is 5.97 Å². The summed E-state index contributed by atoms with van der Waals surface area (Å²) >= 11 is 0. The van der Waals surface area contributed by atoms with E-state index in [2.05, 4.69) is 6.58 Å². The fourth-order valence-electron chi connectivity index (χ4n) is 0.409. The van der Waals surface area contributed by atoms with E-state index in [0.717, 1.165) is 0 Å². The molecule has 0 aromatic rings. The fraction of sp³-hybridized carbons (Fsp3) is 0.429. The monoisotopic (exact) mass is 142 g/mol. The van der Waals surface area contributed by atoms with Crippen LogP contribution in [0.25, 0.3) is 0 Å². The van der Waals surface area contributed by atoms with Gasteiger partial charge in [0.2, 0.25) is 5.78 Å². The standard InChI is InChI=1S/C7H10O3/c1-4(2)5(3)6(8)7(9)10/h5H,1H2,2-3H3,(H,9,10). The molecule has 0 radical (unpaired) electrons. The summed E-state index contributed by atoms with van der Waals surface area (Å²) in [5.74, 6) is -2.76. The molecule has 0 saturated carbocycles. The lowest BCUT2D eigenvalue weighted by molar-refractivity contribution is -0.150. The molecule has 0 aromatic heterocycles. The Labute approximate surface area is 59.4 Å².